The molecule has 0 aromatic carbocycles. The second kappa shape index (κ2) is 3.46. The van der Waals surface area contributed by atoms with Gasteiger partial charge in [0.15, 0.2) is 0 Å². The van der Waals surface area contributed by atoms with Gasteiger partial charge in [-0.2, -0.15) is 0 Å². The van der Waals surface area contributed by atoms with Gasteiger partial charge in [0.05, 0.1) is 0 Å². The monoisotopic (exact) mass is 220 g/mol. The Morgan fingerprint density at radius 2 is 1.76 bits per heavy atom. The van der Waals surface area contributed by atoms with Gasteiger partial charge in [-0.25, -0.2) is 0 Å². The van der Waals surface area contributed by atoms with Crippen molar-refractivity contribution < 1.29 is 0 Å². The lowest BCUT2D eigenvalue weighted by atomic mass is 9.89. The molecular weight excluding hydrogens is 204 g/mol. The van der Waals surface area contributed by atoms with E-state index in [1.165, 1.54) is 36.8 Å². The van der Waals surface area contributed by atoms with Crippen LogP contribution in [0.4, 0.5) is 0 Å². The van der Waals surface area contributed by atoms with Crippen LogP contribution in [0.1, 0.15) is 32.1 Å². The molecule has 0 bridgehead atoms. The summed E-state index contributed by atoms with van der Waals surface area (Å²) in [7, 11) is 0. The smallest absolute Gasteiger partial charge is 0.00735 e. The lowest BCUT2D eigenvalue weighted by Gasteiger charge is -2.16. The van der Waals surface area contributed by atoms with E-state index in [0.717, 1.165) is 6.42 Å². The van der Waals surface area contributed by atoms with E-state index in [0.29, 0.717) is 0 Å². The third kappa shape index (κ3) is 1.24. The zero-order chi connectivity index (χ0) is 11.2. The first-order valence-electron chi connectivity index (χ1n) is 6.67. The minimum absolute atomic E-state index is 1.13. The van der Waals surface area contributed by atoms with Gasteiger partial charge in [0.2, 0.25) is 0 Å². The molecule has 0 fully saturated rings. The zero-order valence-electron chi connectivity index (χ0n) is 10.00. The van der Waals surface area contributed by atoms with E-state index in [-0.39, 0.29) is 0 Å². The normalized spacial score (nSPS) is 32.2. The molecule has 4 aliphatic rings. The number of fused-ring (bicyclic) bond motifs is 2. The van der Waals surface area contributed by atoms with Gasteiger partial charge in [-0.1, -0.05) is 36.5 Å². The highest BCUT2D eigenvalue weighted by molar-refractivity contribution is 5.76. The van der Waals surface area contributed by atoms with Crippen LogP contribution in [0.3, 0.4) is 0 Å². The molecule has 0 N–H and O–H groups in total. The minimum Gasteiger partial charge on any atom is -0.0719 e. The second-order valence-electron chi connectivity index (χ2n) is 5.21. The molecule has 0 nitrogen and oxygen atoms in total. The Bertz CT molecular complexity index is 571. The van der Waals surface area contributed by atoms with Crippen LogP contribution in [-0.2, 0) is 0 Å². The number of rotatable bonds is 0. The molecule has 4 aliphatic carbocycles. The summed E-state index contributed by atoms with van der Waals surface area (Å²) in [5.41, 5.74) is 9.48. The third-order valence-electron chi connectivity index (χ3n) is 4.29. The van der Waals surface area contributed by atoms with Crippen molar-refractivity contribution in [1.29, 1.82) is 0 Å². The Labute approximate surface area is 102 Å². The van der Waals surface area contributed by atoms with Gasteiger partial charge >= 0.3 is 0 Å². The molecule has 0 heterocycles. The average Bonchev–Trinajstić information content (AvgIpc) is 2.84. The molecule has 84 valence electrons. The molecule has 0 aliphatic heterocycles. The van der Waals surface area contributed by atoms with E-state index < -0.39 is 0 Å². The first kappa shape index (κ1) is 9.47. The van der Waals surface area contributed by atoms with Crippen molar-refractivity contribution in [3.8, 4) is 0 Å². The molecule has 0 amide bonds. The maximum absolute atomic E-state index is 2.45. The Morgan fingerprint density at radius 1 is 0.882 bits per heavy atom. The van der Waals surface area contributed by atoms with Crippen molar-refractivity contribution in [2.45, 2.75) is 32.1 Å². The molecule has 0 saturated heterocycles. The maximum atomic E-state index is 2.45. The fourth-order valence-corrected chi connectivity index (χ4v) is 3.55. The van der Waals surface area contributed by atoms with Crippen LogP contribution in [-0.4, -0.2) is 0 Å². The van der Waals surface area contributed by atoms with Crippen LogP contribution in [0.5, 0.6) is 0 Å². The van der Waals surface area contributed by atoms with Crippen molar-refractivity contribution in [3.05, 3.63) is 69.9 Å². The van der Waals surface area contributed by atoms with Gasteiger partial charge in [0.1, 0.15) is 0 Å². The maximum Gasteiger partial charge on any atom is -0.00735 e. The van der Waals surface area contributed by atoms with E-state index in [4.69, 9.17) is 0 Å². The summed E-state index contributed by atoms with van der Waals surface area (Å²) in [6.07, 6.45) is 20.0. The fourth-order valence-electron chi connectivity index (χ4n) is 3.55. The largest absolute Gasteiger partial charge is 0.0719 e. The van der Waals surface area contributed by atoms with Crippen LogP contribution >= 0.6 is 0 Å². The van der Waals surface area contributed by atoms with Crippen molar-refractivity contribution in [2.75, 3.05) is 0 Å². The number of hydrogen-bond donors (Lipinski definition) is 0. The molecule has 0 heteroatoms. The fraction of sp³-hybridized carbons (Fsp3) is 0.294. The molecule has 0 aromatic heterocycles. The van der Waals surface area contributed by atoms with Gasteiger partial charge in [0.25, 0.3) is 0 Å². The molecule has 0 spiro atoms. The lowest BCUT2D eigenvalue weighted by Crippen LogP contribution is -1.97. The highest BCUT2D eigenvalue weighted by Crippen LogP contribution is 2.51. The van der Waals surface area contributed by atoms with Crippen LogP contribution in [0.2, 0.25) is 0 Å². The predicted molar refractivity (Wildman–Crippen MR) is 71.6 cm³/mol. The van der Waals surface area contributed by atoms with Gasteiger partial charge < -0.3 is 0 Å². The summed E-state index contributed by atoms with van der Waals surface area (Å²) < 4.78 is 0. The van der Waals surface area contributed by atoms with Crippen molar-refractivity contribution in [2.24, 2.45) is 0 Å². The number of hydrogen-bond acceptors (Lipinski definition) is 0. The van der Waals surface area contributed by atoms with Gasteiger partial charge in [0, 0.05) is 0 Å². The SMILES string of the molecule is C1=C2C3=C(CCCC3)C3=C2C(=C/C=C\C=C/3)\C1. The van der Waals surface area contributed by atoms with E-state index >= 15 is 0 Å². The summed E-state index contributed by atoms with van der Waals surface area (Å²) >= 11 is 0. The molecule has 0 radical (unpaired) electrons. The summed E-state index contributed by atoms with van der Waals surface area (Å²) in [4.78, 5) is 0. The molecule has 0 saturated carbocycles. The molecule has 17 heavy (non-hydrogen) atoms. The predicted octanol–water partition coefficient (Wildman–Crippen LogP) is 4.55. The zero-order valence-corrected chi connectivity index (χ0v) is 10.00. The molecule has 0 unspecified atom stereocenters. The summed E-state index contributed by atoms with van der Waals surface area (Å²) in [6.45, 7) is 0. The summed E-state index contributed by atoms with van der Waals surface area (Å²) in [6, 6.07) is 0. The van der Waals surface area contributed by atoms with E-state index in [9.17, 15) is 0 Å². The van der Waals surface area contributed by atoms with Crippen molar-refractivity contribution in [3.63, 3.8) is 0 Å². The quantitative estimate of drug-likeness (QED) is 0.562. The van der Waals surface area contributed by atoms with Crippen LogP contribution < -0.4 is 0 Å². The van der Waals surface area contributed by atoms with E-state index in [2.05, 4.69) is 36.5 Å². The lowest BCUT2D eigenvalue weighted by molar-refractivity contribution is 0.691. The Kier molecular flexibility index (Phi) is 1.93. The minimum atomic E-state index is 1.13. The summed E-state index contributed by atoms with van der Waals surface area (Å²) in [5.74, 6) is 0. The number of allylic oxidation sites excluding steroid dienone is 12. The Morgan fingerprint density at radius 3 is 2.71 bits per heavy atom. The third-order valence-corrected chi connectivity index (χ3v) is 4.29. The van der Waals surface area contributed by atoms with E-state index in [1.807, 2.05) is 0 Å². The van der Waals surface area contributed by atoms with Gasteiger partial charge in [-0.05, 0) is 65.5 Å². The highest BCUT2D eigenvalue weighted by Gasteiger charge is 2.33. The molecular formula is C17H16. The Balaban J connectivity index is 1.96. The van der Waals surface area contributed by atoms with Crippen LogP contribution in [0.15, 0.2) is 69.9 Å². The van der Waals surface area contributed by atoms with Crippen molar-refractivity contribution >= 4 is 0 Å². The summed E-state index contributed by atoms with van der Waals surface area (Å²) in [5, 5.41) is 0. The molecule has 0 aromatic rings. The standard InChI is InChI=1S/C17H16/c1-2-6-12-10-11-16-14-8-5-4-7-13(14)15(9-3-1)17(12)16/h1-3,6,9,11H,4-5,7-8,10H2/b2-1-,3-1?,6-2?,9-3-,12-6-,15-9?. The van der Waals surface area contributed by atoms with Crippen molar-refractivity contribution in [1.82, 2.24) is 0 Å². The van der Waals surface area contributed by atoms with Crippen LogP contribution in [0, 0.1) is 0 Å². The second-order valence-corrected chi connectivity index (χ2v) is 5.21. The Hall–Kier alpha value is -1.56. The van der Waals surface area contributed by atoms with Gasteiger partial charge in [-0.3, -0.25) is 0 Å². The topological polar surface area (TPSA) is 0 Å². The highest BCUT2D eigenvalue weighted by atomic mass is 14.4. The molecule has 4 rings (SSSR count). The average molecular weight is 220 g/mol. The molecule has 0 atom stereocenters. The van der Waals surface area contributed by atoms with E-state index in [1.54, 1.807) is 22.3 Å². The first-order chi connectivity index (χ1) is 8.45. The first-order valence-corrected chi connectivity index (χ1v) is 6.67. The van der Waals surface area contributed by atoms with Gasteiger partial charge in [-0.15, -0.1) is 0 Å². The van der Waals surface area contributed by atoms with Crippen LogP contribution in [0.25, 0.3) is 0 Å².